The van der Waals surface area contributed by atoms with E-state index in [2.05, 4.69) is 11.1 Å². The van der Waals surface area contributed by atoms with Gasteiger partial charge in [-0.1, -0.05) is 11.6 Å². The van der Waals surface area contributed by atoms with Crippen LogP contribution in [0.2, 0.25) is 5.02 Å². The molecule has 0 bridgehead atoms. The number of aromatic nitrogens is 1. The summed E-state index contributed by atoms with van der Waals surface area (Å²) < 4.78 is 11.4. The summed E-state index contributed by atoms with van der Waals surface area (Å²) in [6.45, 7) is 0.545. The van der Waals surface area contributed by atoms with E-state index in [9.17, 15) is 5.26 Å². The summed E-state index contributed by atoms with van der Waals surface area (Å²) in [5, 5.41) is 9.75. The van der Waals surface area contributed by atoms with Gasteiger partial charge in [0.05, 0.1) is 18.2 Å². The Bertz CT molecular complexity index is 700. The number of pyridine rings is 1. The van der Waals surface area contributed by atoms with E-state index in [4.69, 9.17) is 26.8 Å². The summed E-state index contributed by atoms with van der Waals surface area (Å²) in [6, 6.07) is 10.8. The van der Waals surface area contributed by atoms with Crippen LogP contribution in [0, 0.1) is 11.3 Å². The first-order valence-electron chi connectivity index (χ1n) is 7.25. The molecule has 1 heterocycles. The molecule has 2 rings (SSSR count). The molecule has 2 N–H and O–H groups in total. The number of nitrogens with two attached hydrogens (primary N) is 1. The second kappa shape index (κ2) is 8.37. The van der Waals surface area contributed by atoms with Gasteiger partial charge in [0, 0.05) is 17.3 Å². The highest BCUT2D eigenvalue weighted by molar-refractivity contribution is 6.30. The summed E-state index contributed by atoms with van der Waals surface area (Å²) in [6.07, 6.45) is 2.77. The van der Waals surface area contributed by atoms with Gasteiger partial charge in [0.2, 0.25) is 5.88 Å². The summed E-state index contributed by atoms with van der Waals surface area (Å²) in [7, 11) is 1.56. The van der Waals surface area contributed by atoms with E-state index in [-0.39, 0.29) is 6.10 Å². The Kier molecular flexibility index (Phi) is 6.21. The molecule has 120 valence electrons. The van der Waals surface area contributed by atoms with E-state index in [1.54, 1.807) is 31.5 Å². The molecule has 1 aromatic carbocycles. The fourth-order valence-electron chi connectivity index (χ4n) is 2.24. The topological polar surface area (TPSA) is 81.2 Å². The monoisotopic (exact) mass is 331 g/mol. The molecule has 0 amide bonds. The molecule has 0 spiro atoms. The molecule has 23 heavy (non-hydrogen) atoms. The van der Waals surface area contributed by atoms with Gasteiger partial charge in [0.25, 0.3) is 0 Å². The number of rotatable bonds is 7. The molecule has 2 aromatic rings. The lowest BCUT2D eigenvalue weighted by molar-refractivity contribution is 0.186. The molecular formula is C17H18ClN3O2. The van der Waals surface area contributed by atoms with E-state index in [0.29, 0.717) is 35.2 Å². The molecule has 6 heteroatoms. The fraction of sp³-hybridized carbons (Fsp3) is 0.294. The first-order valence-corrected chi connectivity index (χ1v) is 7.62. The quantitative estimate of drug-likeness (QED) is 0.840. The van der Waals surface area contributed by atoms with Gasteiger partial charge in [-0.3, -0.25) is 0 Å². The van der Waals surface area contributed by atoms with Crippen LogP contribution in [0.1, 0.15) is 30.1 Å². The Morgan fingerprint density at radius 3 is 2.91 bits per heavy atom. The highest BCUT2D eigenvalue weighted by Gasteiger charge is 2.20. The van der Waals surface area contributed by atoms with Gasteiger partial charge in [-0.15, -0.1) is 0 Å². The van der Waals surface area contributed by atoms with Crippen molar-refractivity contribution in [2.24, 2.45) is 5.73 Å². The number of hydrogen-bond donors (Lipinski definition) is 1. The lowest BCUT2D eigenvalue weighted by Gasteiger charge is -2.21. The number of hydrogen-bond acceptors (Lipinski definition) is 5. The minimum Gasteiger partial charge on any atom is -0.484 e. The molecule has 1 aromatic heterocycles. The van der Waals surface area contributed by atoms with Crippen molar-refractivity contribution in [1.29, 1.82) is 5.26 Å². The third-order valence-electron chi connectivity index (χ3n) is 3.34. The third kappa shape index (κ3) is 4.35. The van der Waals surface area contributed by atoms with Crippen LogP contribution >= 0.6 is 11.6 Å². The van der Waals surface area contributed by atoms with Gasteiger partial charge in [0.1, 0.15) is 17.9 Å². The zero-order valence-corrected chi connectivity index (χ0v) is 13.6. The van der Waals surface area contributed by atoms with Crippen LogP contribution in [0.25, 0.3) is 0 Å². The van der Waals surface area contributed by atoms with Gasteiger partial charge in [-0.25, -0.2) is 4.98 Å². The van der Waals surface area contributed by atoms with Crippen molar-refractivity contribution in [3.8, 4) is 17.7 Å². The SMILES string of the molecule is COc1ncccc1C(CCCN)Oc1cc(Cl)ccc1C#N. The minimum atomic E-state index is -0.326. The summed E-state index contributed by atoms with van der Waals surface area (Å²) in [4.78, 5) is 4.20. The fourth-order valence-corrected chi connectivity index (χ4v) is 2.40. The Labute approximate surface area is 140 Å². The second-order valence-electron chi connectivity index (χ2n) is 4.89. The predicted molar refractivity (Wildman–Crippen MR) is 88.6 cm³/mol. The van der Waals surface area contributed by atoms with Crippen LogP contribution in [0.15, 0.2) is 36.5 Å². The summed E-state index contributed by atoms with van der Waals surface area (Å²) in [5.74, 6) is 0.933. The van der Waals surface area contributed by atoms with Gasteiger partial charge in [-0.2, -0.15) is 5.26 Å². The molecule has 0 radical (unpaired) electrons. The average molecular weight is 332 g/mol. The molecule has 0 saturated carbocycles. The largest absolute Gasteiger partial charge is 0.484 e. The smallest absolute Gasteiger partial charge is 0.220 e. The average Bonchev–Trinajstić information content (AvgIpc) is 2.58. The molecule has 0 saturated heterocycles. The van der Waals surface area contributed by atoms with E-state index in [1.165, 1.54) is 0 Å². The van der Waals surface area contributed by atoms with Gasteiger partial charge < -0.3 is 15.2 Å². The van der Waals surface area contributed by atoms with Crippen LogP contribution in [-0.2, 0) is 0 Å². The third-order valence-corrected chi connectivity index (χ3v) is 3.58. The predicted octanol–water partition coefficient (Wildman–Crippen LogP) is 3.47. The molecule has 1 unspecified atom stereocenters. The molecule has 1 atom stereocenters. The maximum Gasteiger partial charge on any atom is 0.220 e. The Balaban J connectivity index is 2.36. The van der Waals surface area contributed by atoms with E-state index >= 15 is 0 Å². The lowest BCUT2D eigenvalue weighted by atomic mass is 10.1. The maximum absolute atomic E-state index is 9.24. The number of ether oxygens (including phenoxy) is 2. The zero-order valence-electron chi connectivity index (χ0n) is 12.8. The van der Waals surface area contributed by atoms with Crippen LogP contribution in [0.4, 0.5) is 0 Å². The zero-order chi connectivity index (χ0) is 16.7. The number of halogens is 1. The minimum absolute atomic E-state index is 0.326. The van der Waals surface area contributed by atoms with Crippen LogP contribution < -0.4 is 15.2 Å². The first kappa shape index (κ1) is 17.1. The van der Waals surface area contributed by atoms with Crippen molar-refractivity contribution < 1.29 is 9.47 Å². The van der Waals surface area contributed by atoms with Crippen molar-refractivity contribution >= 4 is 11.6 Å². The van der Waals surface area contributed by atoms with Crippen molar-refractivity contribution in [2.75, 3.05) is 13.7 Å². The lowest BCUT2D eigenvalue weighted by Crippen LogP contribution is -2.13. The van der Waals surface area contributed by atoms with Crippen LogP contribution in [0.3, 0.4) is 0 Å². The maximum atomic E-state index is 9.24. The molecule has 0 fully saturated rings. The second-order valence-corrected chi connectivity index (χ2v) is 5.33. The Morgan fingerprint density at radius 1 is 1.39 bits per heavy atom. The van der Waals surface area contributed by atoms with Gasteiger partial charge >= 0.3 is 0 Å². The highest BCUT2D eigenvalue weighted by atomic mass is 35.5. The Morgan fingerprint density at radius 2 is 2.22 bits per heavy atom. The van der Waals surface area contributed by atoms with Gasteiger partial charge in [0.15, 0.2) is 0 Å². The highest BCUT2D eigenvalue weighted by Crippen LogP contribution is 2.33. The molecule has 0 aliphatic rings. The van der Waals surface area contributed by atoms with E-state index in [1.807, 2.05) is 12.1 Å². The van der Waals surface area contributed by atoms with Crippen LogP contribution in [-0.4, -0.2) is 18.6 Å². The summed E-state index contributed by atoms with van der Waals surface area (Å²) in [5.41, 5.74) is 6.86. The first-order chi connectivity index (χ1) is 11.2. The van der Waals surface area contributed by atoms with Crippen LogP contribution in [0.5, 0.6) is 11.6 Å². The molecule has 5 nitrogen and oxygen atoms in total. The normalized spacial score (nSPS) is 11.6. The standard InChI is InChI=1S/C17H18ClN3O2/c1-22-17-14(4-3-9-21-17)15(5-2-8-19)23-16-10-13(18)7-6-12(16)11-20/h3-4,6-7,9-10,15H,2,5,8,19H2,1H3. The number of nitriles is 1. The van der Waals surface area contributed by atoms with Crippen molar-refractivity contribution in [1.82, 2.24) is 4.98 Å². The molecule has 0 aliphatic carbocycles. The van der Waals surface area contributed by atoms with Gasteiger partial charge in [-0.05, 0) is 43.7 Å². The van der Waals surface area contributed by atoms with Crippen molar-refractivity contribution in [3.05, 3.63) is 52.7 Å². The summed E-state index contributed by atoms with van der Waals surface area (Å²) >= 11 is 6.02. The number of benzene rings is 1. The van der Waals surface area contributed by atoms with E-state index in [0.717, 1.165) is 12.0 Å². The Hall–Kier alpha value is -2.29. The molecular weight excluding hydrogens is 314 g/mol. The van der Waals surface area contributed by atoms with Crippen molar-refractivity contribution in [2.45, 2.75) is 18.9 Å². The number of methoxy groups -OCH3 is 1. The van der Waals surface area contributed by atoms with Crippen molar-refractivity contribution in [3.63, 3.8) is 0 Å². The van der Waals surface area contributed by atoms with E-state index < -0.39 is 0 Å². The number of nitrogens with zero attached hydrogens (tertiary/aromatic N) is 2. The molecule has 0 aliphatic heterocycles.